The second kappa shape index (κ2) is 6.71. The van der Waals surface area contributed by atoms with E-state index in [-0.39, 0.29) is 5.91 Å². The molecular weight excluding hydrogens is 238 g/mol. The lowest BCUT2D eigenvalue weighted by molar-refractivity contribution is -0.122. The van der Waals surface area contributed by atoms with E-state index >= 15 is 0 Å². The molecule has 0 aromatic heterocycles. The normalized spacial score (nSPS) is 29.3. The van der Waals surface area contributed by atoms with Gasteiger partial charge in [0.1, 0.15) is 0 Å². The molecule has 19 heavy (non-hydrogen) atoms. The van der Waals surface area contributed by atoms with Gasteiger partial charge in [-0.15, -0.1) is 0 Å². The van der Waals surface area contributed by atoms with Gasteiger partial charge in [0.25, 0.3) is 0 Å². The molecule has 110 valence electrons. The number of amides is 1. The molecule has 0 unspecified atom stereocenters. The average Bonchev–Trinajstić information content (AvgIpc) is 2.34. The van der Waals surface area contributed by atoms with E-state index in [1.807, 2.05) is 0 Å². The van der Waals surface area contributed by atoms with Crippen LogP contribution in [0.15, 0.2) is 0 Å². The highest BCUT2D eigenvalue weighted by atomic mass is 16.1. The molecule has 0 aromatic carbocycles. The second-order valence-corrected chi connectivity index (χ2v) is 6.56. The zero-order valence-corrected chi connectivity index (χ0v) is 12.6. The summed E-state index contributed by atoms with van der Waals surface area (Å²) in [4.78, 5) is 13.6. The molecule has 2 aliphatic rings. The number of hydrogen-bond donors (Lipinski definition) is 2. The van der Waals surface area contributed by atoms with Gasteiger partial charge in [0.05, 0.1) is 6.54 Å². The number of nitrogens with one attached hydrogen (secondary N) is 2. The van der Waals surface area contributed by atoms with E-state index in [0.717, 1.165) is 31.0 Å². The van der Waals surface area contributed by atoms with Crippen LogP contribution in [0.4, 0.5) is 0 Å². The number of nitrogens with zero attached hydrogens (tertiary/aromatic N) is 1. The van der Waals surface area contributed by atoms with Crippen LogP contribution in [0.3, 0.4) is 0 Å². The van der Waals surface area contributed by atoms with E-state index in [1.54, 1.807) is 7.05 Å². The maximum atomic E-state index is 11.3. The summed E-state index contributed by atoms with van der Waals surface area (Å²) in [6, 6.07) is 1.42. The van der Waals surface area contributed by atoms with E-state index in [2.05, 4.69) is 29.4 Å². The van der Waals surface area contributed by atoms with Gasteiger partial charge < -0.3 is 10.6 Å². The van der Waals surface area contributed by atoms with Crippen LogP contribution in [0.25, 0.3) is 0 Å². The zero-order chi connectivity index (χ0) is 13.8. The molecule has 0 radical (unpaired) electrons. The van der Waals surface area contributed by atoms with Crippen LogP contribution in [0.2, 0.25) is 0 Å². The number of likely N-dealkylation sites (N-methyl/N-ethyl adjacent to an activating group) is 1. The number of carbonyl (C=O) groups excluding carboxylic acids is 1. The van der Waals surface area contributed by atoms with E-state index < -0.39 is 0 Å². The fraction of sp³-hybridized carbons (Fsp3) is 0.933. The Kier molecular flexibility index (Phi) is 5.22. The van der Waals surface area contributed by atoms with Crippen LogP contribution < -0.4 is 10.6 Å². The molecule has 1 aliphatic carbocycles. The molecule has 1 amide bonds. The first-order valence-corrected chi connectivity index (χ1v) is 7.77. The Morgan fingerprint density at radius 3 is 2.37 bits per heavy atom. The van der Waals surface area contributed by atoms with E-state index in [4.69, 9.17) is 0 Å². The molecule has 1 saturated heterocycles. The van der Waals surface area contributed by atoms with Crippen molar-refractivity contribution in [3.8, 4) is 0 Å². The Morgan fingerprint density at radius 1 is 1.21 bits per heavy atom. The van der Waals surface area contributed by atoms with E-state index in [0.29, 0.717) is 12.6 Å². The second-order valence-electron chi connectivity index (χ2n) is 6.56. The number of piperidine rings is 1. The Labute approximate surface area is 117 Å². The van der Waals surface area contributed by atoms with Crippen molar-refractivity contribution in [3.63, 3.8) is 0 Å². The smallest absolute Gasteiger partial charge is 0.233 e. The number of carbonyl (C=O) groups is 1. The monoisotopic (exact) mass is 267 g/mol. The van der Waals surface area contributed by atoms with Gasteiger partial charge in [-0.2, -0.15) is 0 Å². The number of likely N-dealkylation sites (tertiary alicyclic amines) is 1. The first-order valence-electron chi connectivity index (χ1n) is 7.77. The van der Waals surface area contributed by atoms with Gasteiger partial charge >= 0.3 is 0 Å². The quantitative estimate of drug-likeness (QED) is 0.787. The summed E-state index contributed by atoms with van der Waals surface area (Å²) >= 11 is 0. The van der Waals surface area contributed by atoms with Crippen LogP contribution >= 0.6 is 0 Å². The fourth-order valence-corrected chi connectivity index (χ4v) is 3.22. The molecule has 0 bridgehead atoms. The number of hydrogen-bond acceptors (Lipinski definition) is 3. The van der Waals surface area contributed by atoms with E-state index in [9.17, 15) is 4.79 Å². The first-order chi connectivity index (χ1) is 9.08. The van der Waals surface area contributed by atoms with Crippen LogP contribution in [-0.4, -0.2) is 49.6 Å². The highest BCUT2D eigenvalue weighted by molar-refractivity contribution is 5.77. The Bertz CT molecular complexity index is 292. The van der Waals surface area contributed by atoms with Crippen LogP contribution in [0.1, 0.15) is 39.5 Å². The fourth-order valence-electron chi connectivity index (χ4n) is 3.22. The van der Waals surface area contributed by atoms with Gasteiger partial charge in [-0.3, -0.25) is 9.69 Å². The maximum Gasteiger partial charge on any atom is 0.233 e. The third-order valence-corrected chi connectivity index (χ3v) is 4.82. The molecular formula is C15H29N3O. The van der Waals surface area contributed by atoms with Crippen LogP contribution in [-0.2, 0) is 4.79 Å². The third kappa shape index (κ3) is 4.18. The first kappa shape index (κ1) is 14.8. The van der Waals surface area contributed by atoms with Crippen molar-refractivity contribution in [1.82, 2.24) is 15.5 Å². The highest BCUT2D eigenvalue weighted by Gasteiger charge is 2.33. The third-order valence-electron chi connectivity index (χ3n) is 4.82. The van der Waals surface area contributed by atoms with Gasteiger partial charge in [-0.1, -0.05) is 13.8 Å². The minimum Gasteiger partial charge on any atom is -0.358 e. The average molecular weight is 267 g/mol. The molecule has 2 N–H and O–H groups in total. The summed E-state index contributed by atoms with van der Waals surface area (Å²) in [5.41, 5.74) is 0. The lowest BCUT2D eigenvalue weighted by Gasteiger charge is -2.42. The van der Waals surface area contributed by atoms with Crippen molar-refractivity contribution in [2.45, 2.75) is 51.6 Å². The standard InChI is InChI=1S/C15H29N3O/c1-11(2)12-8-14(9-12)17-13-4-6-18(7-5-13)10-15(19)16-3/h11-14,17H,4-10H2,1-3H3,(H,16,19). The van der Waals surface area contributed by atoms with Crippen LogP contribution in [0, 0.1) is 11.8 Å². The highest BCUT2D eigenvalue weighted by Crippen LogP contribution is 2.34. The molecule has 1 saturated carbocycles. The molecule has 0 aromatic rings. The molecule has 0 spiro atoms. The molecule has 0 atom stereocenters. The molecule has 4 nitrogen and oxygen atoms in total. The van der Waals surface area contributed by atoms with Gasteiger partial charge in [0.2, 0.25) is 5.91 Å². The number of rotatable bonds is 5. The summed E-state index contributed by atoms with van der Waals surface area (Å²) in [6.45, 7) is 7.31. The van der Waals surface area contributed by atoms with Crippen molar-refractivity contribution in [1.29, 1.82) is 0 Å². The minimum atomic E-state index is 0.130. The van der Waals surface area contributed by atoms with Gasteiger partial charge in [0.15, 0.2) is 0 Å². The predicted octanol–water partition coefficient (Wildman–Crippen LogP) is 1.22. The summed E-state index contributed by atoms with van der Waals surface area (Å²) in [6.07, 6.45) is 5.08. The lowest BCUT2D eigenvalue weighted by atomic mass is 9.73. The van der Waals surface area contributed by atoms with Crippen molar-refractivity contribution < 1.29 is 4.79 Å². The molecule has 2 fully saturated rings. The van der Waals surface area contributed by atoms with Gasteiger partial charge in [0, 0.05) is 32.2 Å². The SMILES string of the molecule is CNC(=O)CN1CCC(NC2CC(C(C)C)C2)CC1. The molecule has 1 heterocycles. The predicted molar refractivity (Wildman–Crippen MR) is 78.0 cm³/mol. The van der Waals surface area contributed by atoms with Gasteiger partial charge in [-0.05, 0) is 37.5 Å². The largest absolute Gasteiger partial charge is 0.358 e. The molecule has 2 rings (SSSR count). The van der Waals surface area contributed by atoms with Crippen LogP contribution in [0.5, 0.6) is 0 Å². The summed E-state index contributed by atoms with van der Waals surface area (Å²) < 4.78 is 0. The minimum absolute atomic E-state index is 0.130. The van der Waals surface area contributed by atoms with Crippen molar-refractivity contribution in [2.75, 3.05) is 26.7 Å². The topological polar surface area (TPSA) is 44.4 Å². The van der Waals surface area contributed by atoms with Crippen molar-refractivity contribution in [2.24, 2.45) is 11.8 Å². The summed E-state index contributed by atoms with van der Waals surface area (Å²) in [5.74, 6) is 1.91. The Morgan fingerprint density at radius 2 is 1.84 bits per heavy atom. The Hall–Kier alpha value is -0.610. The maximum absolute atomic E-state index is 11.3. The van der Waals surface area contributed by atoms with E-state index in [1.165, 1.54) is 25.7 Å². The van der Waals surface area contributed by atoms with Crippen molar-refractivity contribution in [3.05, 3.63) is 0 Å². The Balaban J connectivity index is 1.61. The summed E-state index contributed by atoms with van der Waals surface area (Å²) in [5, 5.41) is 6.49. The molecule has 1 aliphatic heterocycles. The molecule has 4 heteroatoms. The van der Waals surface area contributed by atoms with Crippen molar-refractivity contribution >= 4 is 5.91 Å². The zero-order valence-electron chi connectivity index (χ0n) is 12.6. The van der Waals surface area contributed by atoms with Gasteiger partial charge in [-0.25, -0.2) is 0 Å². The lowest BCUT2D eigenvalue weighted by Crippen LogP contribution is -2.52. The summed E-state index contributed by atoms with van der Waals surface area (Å²) in [7, 11) is 1.71.